The van der Waals surface area contributed by atoms with E-state index in [1.165, 1.54) is 0 Å². The molecule has 3 aromatic rings. The zero-order valence-electron chi connectivity index (χ0n) is 21.9. The lowest BCUT2D eigenvalue weighted by molar-refractivity contribution is -0.135. The van der Waals surface area contributed by atoms with E-state index in [0.29, 0.717) is 35.2 Å². The number of nitrogens with zero attached hydrogens (tertiary/aromatic N) is 3. The quantitative estimate of drug-likeness (QED) is 0.326. The Labute approximate surface area is 219 Å². The molecule has 0 saturated heterocycles. The minimum Gasteiger partial charge on any atom is -0.333 e. The average molecular weight is 509 g/mol. The van der Waals surface area contributed by atoms with Gasteiger partial charge < -0.3 is 10.2 Å². The van der Waals surface area contributed by atoms with Crippen molar-refractivity contribution in [3.63, 3.8) is 0 Å². The zero-order valence-corrected chi connectivity index (χ0v) is 22.7. The smallest absolute Gasteiger partial charge is 0.245 e. The second-order valence-corrected chi connectivity index (χ2v) is 11.0. The van der Waals surface area contributed by atoms with E-state index in [-0.39, 0.29) is 29.7 Å². The van der Waals surface area contributed by atoms with Gasteiger partial charge in [0.15, 0.2) is 0 Å². The first kappa shape index (κ1) is 27.5. The van der Waals surface area contributed by atoms with Crippen LogP contribution < -0.4 is 5.32 Å². The predicted molar refractivity (Wildman–Crippen MR) is 147 cm³/mol. The molecule has 6 nitrogen and oxygen atoms in total. The fourth-order valence-corrected chi connectivity index (χ4v) is 4.71. The van der Waals surface area contributed by atoms with Crippen LogP contribution in [-0.2, 0) is 9.59 Å². The van der Waals surface area contributed by atoms with Gasteiger partial charge in [-0.3, -0.25) is 9.59 Å². The van der Waals surface area contributed by atoms with E-state index in [9.17, 15) is 9.59 Å². The van der Waals surface area contributed by atoms with E-state index in [1.807, 2.05) is 61.5 Å². The highest BCUT2D eigenvalue weighted by atomic mass is 35.5. The van der Waals surface area contributed by atoms with Crippen molar-refractivity contribution in [3.05, 3.63) is 65.7 Å². The Bertz CT molecular complexity index is 1170. The van der Waals surface area contributed by atoms with Crippen LogP contribution in [0.2, 0.25) is 5.02 Å². The van der Waals surface area contributed by atoms with Crippen LogP contribution >= 0.6 is 11.6 Å². The molecular weight excluding hydrogens is 472 g/mol. The van der Waals surface area contributed by atoms with Crippen LogP contribution in [0.15, 0.2) is 60.7 Å². The Morgan fingerprint density at radius 1 is 1.08 bits per heavy atom. The summed E-state index contributed by atoms with van der Waals surface area (Å²) < 4.78 is 1.64. The number of carbonyl (C=O) groups excluding carboxylic acids is 2. The van der Waals surface area contributed by atoms with Gasteiger partial charge in [0.05, 0.1) is 22.9 Å². The molecule has 0 saturated carbocycles. The van der Waals surface area contributed by atoms with Crippen molar-refractivity contribution in [2.24, 2.45) is 11.3 Å². The number of hydrogen-bond donors (Lipinski definition) is 1. The van der Waals surface area contributed by atoms with Crippen LogP contribution in [0, 0.1) is 11.3 Å². The molecule has 192 valence electrons. The van der Waals surface area contributed by atoms with Gasteiger partial charge in [-0.25, -0.2) is 4.68 Å². The lowest BCUT2D eigenvalue weighted by Gasteiger charge is -2.26. The molecule has 7 heteroatoms. The third-order valence-corrected chi connectivity index (χ3v) is 6.11. The van der Waals surface area contributed by atoms with Crippen molar-refractivity contribution in [1.82, 2.24) is 14.7 Å². The maximum Gasteiger partial charge on any atom is 0.245 e. The van der Waals surface area contributed by atoms with Crippen LogP contribution in [0.1, 0.15) is 53.9 Å². The van der Waals surface area contributed by atoms with E-state index >= 15 is 0 Å². The monoisotopic (exact) mass is 508 g/mol. The topological polar surface area (TPSA) is 67.2 Å². The number of halogens is 1. The third-order valence-electron chi connectivity index (χ3n) is 5.79. The molecule has 3 rings (SSSR count). The molecule has 0 radical (unpaired) electrons. The van der Waals surface area contributed by atoms with Crippen LogP contribution in [0.4, 0.5) is 5.82 Å². The molecule has 0 aliphatic heterocycles. The lowest BCUT2D eigenvalue weighted by atomic mass is 9.84. The molecule has 0 bridgehead atoms. The van der Waals surface area contributed by atoms with E-state index in [1.54, 1.807) is 15.6 Å². The van der Waals surface area contributed by atoms with Gasteiger partial charge in [-0.1, -0.05) is 88.7 Å². The molecule has 1 aromatic heterocycles. The fourth-order valence-electron chi connectivity index (χ4n) is 4.49. The van der Waals surface area contributed by atoms with Gasteiger partial charge >= 0.3 is 0 Å². The van der Waals surface area contributed by atoms with Gasteiger partial charge in [0.1, 0.15) is 5.82 Å². The molecule has 0 aliphatic rings. The largest absolute Gasteiger partial charge is 0.333 e. The number of rotatable bonds is 10. The maximum atomic E-state index is 13.2. The van der Waals surface area contributed by atoms with Gasteiger partial charge in [0.2, 0.25) is 11.8 Å². The summed E-state index contributed by atoms with van der Waals surface area (Å²) in [5.74, 6) is 0.480. The second kappa shape index (κ2) is 12.2. The highest BCUT2D eigenvalue weighted by molar-refractivity contribution is 6.32. The van der Waals surface area contributed by atoms with Gasteiger partial charge in [-0.2, -0.15) is 5.10 Å². The molecule has 0 fully saturated rings. The molecule has 1 atom stereocenters. The zero-order chi connectivity index (χ0) is 26.3. The first-order chi connectivity index (χ1) is 17.1. The van der Waals surface area contributed by atoms with Crippen LogP contribution in [0.3, 0.4) is 0 Å². The van der Waals surface area contributed by atoms with E-state index in [0.717, 1.165) is 18.4 Å². The molecule has 1 heterocycles. The first-order valence-electron chi connectivity index (χ1n) is 12.6. The van der Waals surface area contributed by atoms with Crippen LogP contribution in [0.25, 0.3) is 16.9 Å². The fraction of sp³-hybridized carbons (Fsp3) is 0.414. The van der Waals surface area contributed by atoms with Gasteiger partial charge in [0.25, 0.3) is 0 Å². The first-order valence-corrected chi connectivity index (χ1v) is 12.9. The highest BCUT2D eigenvalue weighted by Crippen LogP contribution is 2.29. The Kier molecular flexibility index (Phi) is 9.32. The normalized spacial score (nSPS) is 12.3. The summed E-state index contributed by atoms with van der Waals surface area (Å²) in [4.78, 5) is 27.9. The summed E-state index contributed by atoms with van der Waals surface area (Å²) in [5.41, 5.74) is 2.45. The van der Waals surface area contributed by atoms with E-state index in [4.69, 9.17) is 16.7 Å². The summed E-state index contributed by atoms with van der Waals surface area (Å²) in [6.45, 7) is 11.2. The van der Waals surface area contributed by atoms with E-state index in [2.05, 4.69) is 33.0 Å². The molecule has 2 amide bonds. The van der Waals surface area contributed by atoms with Crippen LogP contribution in [-0.4, -0.2) is 39.6 Å². The van der Waals surface area contributed by atoms with Crippen LogP contribution in [0.5, 0.6) is 0 Å². The third kappa shape index (κ3) is 7.69. The minimum atomic E-state index is -0.270. The van der Waals surface area contributed by atoms with Crippen molar-refractivity contribution < 1.29 is 9.59 Å². The summed E-state index contributed by atoms with van der Waals surface area (Å²) in [5, 5.41) is 8.22. The summed E-state index contributed by atoms with van der Waals surface area (Å²) >= 11 is 6.46. The Morgan fingerprint density at radius 2 is 1.75 bits per heavy atom. The summed E-state index contributed by atoms with van der Waals surface area (Å²) in [6.07, 6.45) is 2.16. The Morgan fingerprint density at radius 3 is 2.39 bits per heavy atom. The minimum absolute atomic E-state index is 0.00772. The number of benzene rings is 2. The highest BCUT2D eigenvalue weighted by Gasteiger charge is 2.23. The number of carbonyl (C=O) groups is 2. The molecular formula is C29H37ClN4O2. The summed E-state index contributed by atoms with van der Waals surface area (Å²) in [7, 11) is 0. The Balaban J connectivity index is 1.81. The van der Waals surface area contributed by atoms with E-state index < -0.39 is 0 Å². The molecule has 36 heavy (non-hydrogen) atoms. The van der Waals surface area contributed by atoms with Crippen molar-refractivity contribution in [2.45, 2.75) is 53.9 Å². The Hall–Kier alpha value is -3.12. The van der Waals surface area contributed by atoms with Gasteiger partial charge in [-0.15, -0.1) is 0 Å². The second-order valence-electron chi connectivity index (χ2n) is 10.6. The number of para-hydroxylation sites is 1. The van der Waals surface area contributed by atoms with Crippen molar-refractivity contribution in [3.8, 4) is 16.9 Å². The number of hydrogen-bond acceptors (Lipinski definition) is 3. The lowest BCUT2D eigenvalue weighted by Crippen LogP contribution is -2.39. The number of aromatic nitrogens is 2. The number of nitrogens with one attached hydrogen (secondary N) is 1. The number of amides is 2. The van der Waals surface area contributed by atoms with Crippen molar-refractivity contribution >= 4 is 29.2 Å². The number of anilines is 1. The maximum absolute atomic E-state index is 13.2. The van der Waals surface area contributed by atoms with Crippen molar-refractivity contribution in [1.29, 1.82) is 0 Å². The van der Waals surface area contributed by atoms with Gasteiger partial charge in [0, 0.05) is 24.6 Å². The average Bonchev–Trinajstić information content (AvgIpc) is 3.21. The van der Waals surface area contributed by atoms with Crippen molar-refractivity contribution in [2.75, 3.05) is 18.4 Å². The molecule has 2 aromatic carbocycles. The molecule has 0 aliphatic carbocycles. The molecule has 1 N–H and O–H groups in total. The van der Waals surface area contributed by atoms with Gasteiger partial charge in [-0.05, 0) is 36.3 Å². The standard InChI is InChI=1S/C29H37ClN4O2/c1-6-16-33(28(36)17-21(2)19-29(3,4)5)20-27(35)31-26-18-24(22-12-8-7-9-13-22)32-34(26)25-15-11-10-14-23(25)30/h7-15,18,21H,6,16-17,19-20H2,1-5H3,(H,31,35). The molecule has 0 spiro atoms. The predicted octanol–water partition coefficient (Wildman–Crippen LogP) is 6.83. The SMILES string of the molecule is CCCN(CC(=O)Nc1cc(-c2ccccc2)nn1-c1ccccc1Cl)C(=O)CC(C)CC(C)(C)C. The summed E-state index contributed by atoms with van der Waals surface area (Å²) in [6, 6.07) is 18.9. The molecule has 1 unspecified atom stereocenters.